The van der Waals surface area contributed by atoms with Crippen molar-refractivity contribution >= 4 is 34.0 Å². The van der Waals surface area contributed by atoms with Crippen LogP contribution in [-0.2, 0) is 4.79 Å². The molecule has 0 bridgehead atoms. The lowest BCUT2D eigenvalue weighted by molar-refractivity contribution is -0.120. The largest absolute Gasteiger partial charge is 0.494 e. The molecule has 0 saturated heterocycles. The van der Waals surface area contributed by atoms with Crippen molar-refractivity contribution in [1.82, 2.24) is 10.7 Å². The molecule has 2 rings (SSSR count). The van der Waals surface area contributed by atoms with Crippen molar-refractivity contribution in [3.8, 4) is 11.5 Å². The van der Waals surface area contributed by atoms with Crippen LogP contribution < -0.4 is 20.2 Å². The van der Waals surface area contributed by atoms with Gasteiger partial charge < -0.3 is 14.8 Å². The molecule has 2 N–H and O–H groups in total. The lowest BCUT2D eigenvalue weighted by atomic mass is 10.2. The molecule has 0 spiro atoms. The van der Waals surface area contributed by atoms with Gasteiger partial charge in [0.1, 0.15) is 18.1 Å². The van der Waals surface area contributed by atoms with E-state index < -0.39 is 5.91 Å². The highest BCUT2D eigenvalue weighted by molar-refractivity contribution is 9.10. The van der Waals surface area contributed by atoms with Gasteiger partial charge in [0.25, 0.3) is 11.8 Å². The predicted octanol–water partition coefficient (Wildman–Crippen LogP) is 3.68. The topological polar surface area (TPSA) is 89.0 Å². The Labute approximate surface area is 184 Å². The molecular weight excluding hydrogens is 450 g/mol. The van der Waals surface area contributed by atoms with Gasteiger partial charge in [-0.05, 0) is 48.9 Å². The van der Waals surface area contributed by atoms with Gasteiger partial charge in [0.05, 0.1) is 19.4 Å². The summed E-state index contributed by atoms with van der Waals surface area (Å²) in [7, 11) is 0. The van der Waals surface area contributed by atoms with E-state index in [1.807, 2.05) is 19.1 Å². The first-order chi connectivity index (χ1) is 14.5. The van der Waals surface area contributed by atoms with Crippen LogP contribution in [0.3, 0.4) is 0 Å². The molecule has 0 aliphatic heterocycles. The Kier molecular flexibility index (Phi) is 9.60. The van der Waals surface area contributed by atoms with Gasteiger partial charge in [0, 0.05) is 15.6 Å². The second-order valence-corrected chi connectivity index (χ2v) is 7.05. The number of hydrazone groups is 1. The summed E-state index contributed by atoms with van der Waals surface area (Å²) in [5.74, 6) is 0.495. The number of nitrogens with zero attached hydrogens (tertiary/aromatic N) is 1. The molecule has 0 aromatic heterocycles. The number of carbonyl (C=O) groups is 2. The molecule has 2 aromatic rings. The zero-order chi connectivity index (χ0) is 21.8. The Morgan fingerprint density at radius 1 is 1.17 bits per heavy atom. The van der Waals surface area contributed by atoms with Crippen LogP contribution in [0.25, 0.3) is 0 Å². The Morgan fingerprint density at radius 2 is 1.93 bits per heavy atom. The molecule has 0 radical (unpaired) electrons. The molecule has 0 heterocycles. The van der Waals surface area contributed by atoms with Gasteiger partial charge in [0.15, 0.2) is 0 Å². The maximum Gasteiger partial charge on any atom is 0.259 e. The summed E-state index contributed by atoms with van der Waals surface area (Å²) in [6.45, 7) is 6.40. The quantitative estimate of drug-likeness (QED) is 0.296. The van der Waals surface area contributed by atoms with E-state index in [-0.39, 0.29) is 12.5 Å². The molecule has 2 aromatic carbocycles. The van der Waals surface area contributed by atoms with E-state index in [1.165, 1.54) is 6.21 Å². The number of benzene rings is 2. The molecule has 0 unspecified atom stereocenters. The third kappa shape index (κ3) is 7.71. The number of halogens is 1. The molecule has 2 amide bonds. The SMILES string of the molecule is C=CCOc1ccc(Br)cc1C=NNC(=O)CNC(=O)c1ccc(OCCC)cc1. The molecule has 7 nitrogen and oxygen atoms in total. The molecular formula is C22H24BrN3O4. The Hall–Kier alpha value is -3.13. The first-order valence-electron chi connectivity index (χ1n) is 9.39. The van der Waals surface area contributed by atoms with Crippen LogP contribution in [-0.4, -0.2) is 37.8 Å². The fourth-order valence-electron chi connectivity index (χ4n) is 2.30. The van der Waals surface area contributed by atoms with Crippen molar-refractivity contribution in [2.75, 3.05) is 19.8 Å². The number of nitrogens with one attached hydrogen (secondary N) is 2. The third-order valence-corrected chi connectivity index (χ3v) is 4.21. The molecule has 0 aliphatic rings. The Morgan fingerprint density at radius 3 is 2.63 bits per heavy atom. The molecule has 30 heavy (non-hydrogen) atoms. The summed E-state index contributed by atoms with van der Waals surface area (Å²) in [4.78, 5) is 24.1. The normalized spacial score (nSPS) is 10.5. The minimum Gasteiger partial charge on any atom is -0.494 e. The van der Waals surface area contributed by atoms with Gasteiger partial charge in [-0.1, -0.05) is 35.5 Å². The average molecular weight is 474 g/mol. The first kappa shape index (κ1) is 23.2. The van der Waals surface area contributed by atoms with Gasteiger partial charge >= 0.3 is 0 Å². The highest BCUT2D eigenvalue weighted by atomic mass is 79.9. The van der Waals surface area contributed by atoms with Crippen molar-refractivity contribution in [1.29, 1.82) is 0 Å². The van der Waals surface area contributed by atoms with Crippen LogP contribution in [0.5, 0.6) is 11.5 Å². The molecule has 8 heteroatoms. The van der Waals surface area contributed by atoms with Crippen molar-refractivity contribution < 1.29 is 19.1 Å². The van der Waals surface area contributed by atoms with Crippen molar-refractivity contribution in [3.05, 3.63) is 70.7 Å². The number of carbonyl (C=O) groups excluding carboxylic acids is 2. The lowest BCUT2D eigenvalue weighted by Crippen LogP contribution is -2.34. The summed E-state index contributed by atoms with van der Waals surface area (Å²) in [5.41, 5.74) is 3.50. The van der Waals surface area contributed by atoms with Crippen molar-refractivity contribution in [2.24, 2.45) is 5.10 Å². The number of ether oxygens (including phenoxy) is 2. The summed E-state index contributed by atoms with van der Waals surface area (Å²) in [5, 5.41) is 6.47. The van der Waals surface area contributed by atoms with E-state index in [2.05, 4.69) is 38.4 Å². The highest BCUT2D eigenvalue weighted by Gasteiger charge is 2.08. The van der Waals surface area contributed by atoms with E-state index in [0.717, 1.165) is 10.9 Å². The zero-order valence-electron chi connectivity index (χ0n) is 16.7. The zero-order valence-corrected chi connectivity index (χ0v) is 18.3. The van der Waals surface area contributed by atoms with E-state index in [9.17, 15) is 9.59 Å². The maximum atomic E-state index is 12.2. The number of hydrogen-bond donors (Lipinski definition) is 2. The Bertz CT molecular complexity index is 898. The molecule has 0 saturated carbocycles. The number of amides is 2. The van der Waals surface area contributed by atoms with Gasteiger partial charge in [-0.2, -0.15) is 5.10 Å². The molecule has 0 aliphatic carbocycles. The van der Waals surface area contributed by atoms with Crippen molar-refractivity contribution in [2.45, 2.75) is 13.3 Å². The van der Waals surface area contributed by atoms with Crippen LogP contribution >= 0.6 is 15.9 Å². The standard InChI is InChI=1S/C22H24BrN3O4/c1-3-11-29-19-8-5-16(6-9-19)22(28)24-15-21(27)26-25-14-17-13-18(23)7-10-20(17)30-12-4-2/h4-10,13-14H,2-3,11-12,15H2,1H3,(H,24,28)(H,26,27). The van der Waals surface area contributed by atoms with E-state index in [0.29, 0.717) is 35.8 Å². The summed E-state index contributed by atoms with van der Waals surface area (Å²) in [6.07, 6.45) is 4.02. The van der Waals surface area contributed by atoms with Gasteiger partial charge in [-0.3, -0.25) is 9.59 Å². The Balaban J connectivity index is 1.84. The number of rotatable bonds is 11. The first-order valence-corrected chi connectivity index (χ1v) is 10.2. The van der Waals surface area contributed by atoms with E-state index in [4.69, 9.17) is 9.47 Å². The monoisotopic (exact) mass is 473 g/mol. The minimum absolute atomic E-state index is 0.206. The second-order valence-electron chi connectivity index (χ2n) is 6.13. The van der Waals surface area contributed by atoms with Crippen LogP contribution in [0, 0.1) is 0 Å². The molecule has 0 atom stereocenters. The number of hydrogen-bond acceptors (Lipinski definition) is 5. The van der Waals surface area contributed by atoms with Crippen LogP contribution in [0.15, 0.2) is 64.7 Å². The fraction of sp³-hybridized carbons (Fsp3) is 0.227. The third-order valence-electron chi connectivity index (χ3n) is 3.72. The van der Waals surface area contributed by atoms with Crippen molar-refractivity contribution in [3.63, 3.8) is 0 Å². The summed E-state index contributed by atoms with van der Waals surface area (Å²) in [6, 6.07) is 12.2. The van der Waals surface area contributed by atoms with Gasteiger partial charge in [0.2, 0.25) is 0 Å². The van der Waals surface area contributed by atoms with Crippen LogP contribution in [0.1, 0.15) is 29.3 Å². The summed E-state index contributed by atoms with van der Waals surface area (Å²) < 4.78 is 11.9. The van der Waals surface area contributed by atoms with Crippen LogP contribution in [0.2, 0.25) is 0 Å². The maximum absolute atomic E-state index is 12.2. The smallest absolute Gasteiger partial charge is 0.259 e. The second kappa shape index (κ2) is 12.4. The average Bonchev–Trinajstić information content (AvgIpc) is 2.76. The summed E-state index contributed by atoms with van der Waals surface area (Å²) >= 11 is 3.38. The minimum atomic E-state index is -0.453. The van der Waals surface area contributed by atoms with Gasteiger partial charge in [-0.15, -0.1) is 0 Å². The molecule has 0 fully saturated rings. The van der Waals surface area contributed by atoms with E-state index in [1.54, 1.807) is 36.4 Å². The predicted molar refractivity (Wildman–Crippen MR) is 120 cm³/mol. The fourth-order valence-corrected chi connectivity index (χ4v) is 2.68. The van der Waals surface area contributed by atoms with E-state index >= 15 is 0 Å². The van der Waals surface area contributed by atoms with Gasteiger partial charge in [-0.25, -0.2) is 5.43 Å². The molecule has 158 valence electrons. The van der Waals surface area contributed by atoms with Crippen LogP contribution in [0.4, 0.5) is 0 Å². The highest BCUT2D eigenvalue weighted by Crippen LogP contribution is 2.21. The lowest BCUT2D eigenvalue weighted by Gasteiger charge is -2.08.